The van der Waals surface area contributed by atoms with E-state index in [1.807, 2.05) is 54.6 Å². The Morgan fingerprint density at radius 2 is 1.70 bits per heavy atom. The zero-order valence-corrected chi connectivity index (χ0v) is 20.0. The van der Waals surface area contributed by atoms with Crippen LogP contribution in [0.3, 0.4) is 0 Å². The number of hydrogen-bond acceptors (Lipinski definition) is 6. The molecule has 3 aromatic heterocycles. The third-order valence-corrected chi connectivity index (χ3v) is 5.49. The quantitative estimate of drug-likeness (QED) is 0.317. The molecule has 0 aliphatic carbocycles. The summed E-state index contributed by atoms with van der Waals surface area (Å²) in [5.41, 5.74) is 2.76. The second-order valence-corrected chi connectivity index (χ2v) is 8.19. The van der Waals surface area contributed by atoms with Gasteiger partial charge in [0.15, 0.2) is 18.1 Å². The number of aromatic nitrogens is 4. The van der Waals surface area contributed by atoms with E-state index in [4.69, 9.17) is 9.15 Å². The Morgan fingerprint density at radius 1 is 0.919 bits per heavy atom. The van der Waals surface area contributed by atoms with Crippen LogP contribution in [0.25, 0.3) is 11.1 Å². The largest absolute Gasteiger partial charge is 0.471 e. The molecule has 186 valence electrons. The molecule has 0 saturated carbocycles. The average molecular weight is 497 g/mol. The zero-order valence-electron chi connectivity index (χ0n) is 20.0. The van der Waals surface area contributed by atoms with Crippen molar-refractivity contribution in [3.63, 3.8) is 0 Å². The van der Waals surface area contributed by atoms with Gasteiger partial charge in [-0.15, -0.1) is 0 Å². The second-order valence-electron chi connectivity index (χ2n) is 8.19. The number of anilines is 1. The van der Waals surface area contributed by atoms with E-state index < -0.39 is 11.8 Å². The Balaban J connectivity index is 1.18. The smallest absolute Gasteiger partial charge is 0.276 e. The van der Waals surface area contributed by atoms with E-state index in [0.29, 0.717) is 11.5 Å². The molecule has 0 aliphatic heterocycles. The summed E-state index contributed by atoms with van der Waals surface area (Å²) in [6, 6.07) is 22.9. The molecular weight excluding hydrogens is 472 g/mol. The van der Waals surface area contributed by atoms with Gasteiger partial charge in [0.1, 0.15) is 11.5 Å². The number of rotatable bonds is 9. The van der Waals surface area contributed by atoms with Crippen LogP contribution in [-0.4, -0.2) is 31.4 Å². The van der Waals surface area contributed by atoms with Gasteiger partial charge in [0.2, 0.25) is 0 Å². The Hall–Kier alpha value is -5.12. The number of carbonyl (C=O) groups excluding carboxylic acids is 2. The molecule has 5 aromatic rings. The van der Waals surface area contributed by atoms with Crippen molar-refractivity contribution in [2.45, 2.75) is 13.3 Å². The monoisotopic (exact) mass is 496 g/mol. The molecule has 0 bridgehead atoms. The van der Waals surface area contributed by atoms with Crippen LogP contribution < -0.4 is 15.4 Å². The fourth-order valence-corrected chi connectivity index (χ4v) is 3.67. The Morgan fingerprint density at radius 3 is 2.46 bits per heavy atom. The van der Waals surface area contributed by atoms with Gasteiger partial charge in [-0.3, -0.25) is 14.3 Å². The molecule has 2 N–H and O–H groups in total. The summed E-state index contributed by atoms with van der Waals surface area (Å²) in [5, 5.41) is 13.9. The second kappa shape index (κ2) is 10.6. The Labute approximate surface area is 212 Å². The zero-order chi connectivity index (χ0) is 25.6. The van der Waals surface area contributed by atoms with Gasteiger partial charge in [-0.1, -0.05) is 42.5 Å². The van der Waals surface area contributed by atoms with Crippen molar-refractivity contribution in [1.82, 2.24) is 24.9 Å². The van der Waals surface area contributed by atoms with Crippen LogP contribution >= 0.6 is 0 Å². The lowest BCUT2D eigenvalue weighted by Gasteiger charge is -2.08. The lowest BCUT2D eigenvalue weighted by molar-refractivity contribution is 0.0943. The number of nitrogens with zero attached hydrogens (tertiary/aromatic N) is 4. The van der Waals surface area contributed by atoms with Crippen molar-refractivity contribution in [2.24, 2.45) is 7.05 Å². The molecule has 5 rings (SSSR count). The Bertz CT molecular complexity index is 1490. The topological polar surface area (TPSA) is 116 Å². The highest BCUT2D eigenvalue weighted by Gasteiger charge is 2.20. The summed E-state index contributed by atoms with van der Waals surface area (Å²) < 4.78 is 14.0. The fraction of sp³-hybridized carbons (Fsp3) is 0.111. The Kier molecular flexibility index (Phi) is 6.80. The van der Waals surface area contributed by atoms with Crippen molar-refractivity contribution in [3.05, 3.63) is 109 Å². The number of furan rings is 1. The first-order valence-corrected chi connectivity index (χ1v) is 11.5. The summed E-state index contributed by atoms with van der Waals surface area (Å²) in [5.74, 6) is 0.375. The predicted molar refractivity (Wildman–Crippen MR) is 136 cm³/mol. The summed E-state index contributed by atoms with van der Waals surface area (Å²) in [6.45, 7) is 0.334. The van der Waals surface area contributed by atoms with Crippen molar-refractivity contribution in [1.29, 1.82) is 0 Å². The molecule has 0 radical (unpaired) electrons. The average Bonchev–Trinajstić information content (AvgIpc) is 3.69. The van der Waals surface area contributed by atoms with E-state index >= 15 is 0 Å². The minimum atomic E-state index is -0.473. The normalized spacial score (nSPS) is 10.7. The van der Waals surface area contributed by atoms with Gasteiger partial charge in [0.05, 0.1) is 18.5 Å². The number of aryl methyl sites for hydroxylation is 1. The highest BCUT2D eigenvalue weighted by Crippen LogP contribution is 2.22. The number of carbonyl (C=O) groups is 2. The SMILES string of the molecule is Cn1cc(NC(=O)c2ccn(COc3ccc(-c4ccccc4)cc3)n2)c(C(=O)NCc2ccco2)n1. The first-order chi connectivity index (χ1) is 18.0. The number of amides is 2. The first kappa shape index (κ1) is 23.6. The van der Waals surface area contributed by atoms with Crippen LogP contribution in [-0.2, 0) is 20.3 Å². The molecular formula is C27H24N6O4. The van der Waals surface area contributed by atoms with E-state index in [1.54, 1.807) is 37.6 Å². The molecule has 10 nitrogen and oxygen atoms in total. The van der Waals surface area contributed by atoms with Crippen molar-refractivity contribution >= 4 is 17.5 Å². The lowest BCUT2D eigenvalue weighted by atomic mass is 10.1. The van der Waals surface area contributed by atoms with Crippen LogP contribution in [0.5, 0.6) is 5.75 Å². The van der Waals surface area contributed by atoms with Crippen molar-refractivity contribution < 1.29 is 18.7 Å². The standard InChI is InChI=1S/C27H24N6O4/c1-32-17-24(25(31-32)27(35)28-16-22-8-5-15-36-22)29-26(34)23-13-14-33(30-23)18-37-21-11-9-20(10-12-21)19-6-3-2-4-7-19/h2-15,17H,16,18H2,1H3,(H,28,35)(H,29,34). The van der Waals surface area contributed by atoms with Crippen LogP contribution in [0.2, 0.25) is 0 Å². The number of nitrogens with one attached hydrogen (secondary N) is 2. The highest BCUT2D eigenvalue weighted by molar-refractivity contribution is 6.07. The van der Waals surface area contributed by atoms with Gasteiger partial charge in [0, 0.05) is 19.4 Å². The molecule has 2 amide bonds. The lowest BCUT2D eigenvalue weighted by Crippen LogP contribution is -2.25. The maximum Gasteiger partial charge on any atom is 0.276 e. The summed E-state index contributed by atoms with van der Waals surface area (Å²) in [6.07, 6.45) is 4.73. The van der Waals surface area contributed by atoms with E-state index in [0.717, 1.165) is 11.1 Å². The summed E-state index contributed by atoms with van der Waals surface area (Å²) in [4.78, 5) is 25.4. The number of benzene rings is 2. The van der Waals surface area contributed by atoms with E-state index in [1.165, 1.54) is 15.6 Å². The van der Waals surface area contributed by atoms with Crippen LogP contribution in [0, 0.1) is 0 Å². The van der Waals surface area contributed by atoms with Crippen LogP contribution in [0.4, 0.5) is 5.69 Å². The number of hydrogen-bond donors (Lipinski definition) is 2. The van der Waals surface area contributed by atoms with Crippen LogP contribution in [0.1, 0.15) is 26.7 Å². The van der Waals surface area contributed by atoms with E-state index in [9.17, 15) is 9.59 Å². The molecule has 37 heavy (non-hydrogen) atoms. The van der Waals surface area contributed by atoms with Gasteiger partial charge >= 0.3 is 0 Å². The summed E-state index contributed by atoms with van der Waals surface area (Å²) in [7, 11) is 1.66. The molecule has 0 aliphatic rings. The minimum Gasteiger partial charge on any atom is -0.471 e. The maximum absolute atomic E-state index is 12.8. The van der Waals surface area contributed by atoms with E-state index in [-0.39, 0.29) is 30.4 Å². The minimum absolute atomic E-state index is 0.0871. The molecule has 0 spiro atoms. The van der Waals surface area contributed by atoms with Gasteiger partial charge in [-0.2, -0.15) is 10.2 Å². The van der Waals surface area contributed by atoms with Gasteiger partial charge in [0.25, 0.3) is 11.8 Å². The first-order valence-electron chi connectivity index (χ1n) is 11.5. The fourth-order valence-electron chi connectivity index (χ4n) is 3.67. The van der Waals surface area contributed by atoms with Gasteiger partial charge in [-0.25, -0.2) is 4.68 Å². The van der Waals surface area contributed by atoms with Gasteiger partial charge < -0.3 is 19.8 Å². The molecule has 2 aromatic carbocycles. The van der Waals surface area contributed by atoms with Crippen LogP contribution in [0.15, 0.2) is 95.9 Å². The third kappa shape index (κ3) is 5.76. The maximum atomic E-state index is 12.8. The van der Waals surface area contributed by atoms with Gasteiger partial charge in [-0.05, 0) is 41.5 Å². The molecule has 10 heteroatoms. The molecule has 0 saturated heterocycles. The molecule has 0 fully saturated rings. The van der Waals surface area contributed by atoms with Crippen molar-refractivity contribution in [2.75, 3.05) is 5.32 Å². The predicted octanol–water partition coefficient (Wildman–Crippen LogP) is 4.10. The van der Waals surface area contributed by atoms with E-state index in [2.05, 4.69) is 20.8 Å². The number of ether oxygens (including phenoxy) is 1. The highest BCUT2D eigenvalue weighted by atomic mass is 16.5. The summed E-state index contributed by atoms with van der Waals surface area (Å²) >= 11 is 0. The molecule has 0 unspecified atom stereocenters. The molecule has 3 heterocycles. The molecule has 0 atom stereocenters. The van der Waals surface area contributed by atoms with Crippen molar-refractivity contribution in [3.8, 4) is 16.9 Å². The third-order valence-electron chi connectivity index (χ3n) is 5.49.